The Morgan fingerprint density at radius 1 is 1.12 bits per heavy atom. The molecular formula is C43H52N3O12+. The van der Waals surface area contributed by atoms with Gasteiger partial charge in [0.2, 0.25) is 17.2 Å². The number of aryl methyl sites for hydroxylation is 1. The largest absolute Gasteiger partial charge is 0.508 e. The molecule has 4 aliphatic heterocycles. The summed E-state index contributed by atoms with van der Waals surface area (Å²) in [5, 5.41) is 66.9. The van der Waals surface area contributed by atoms with Gasteiger partial charge in [-0.2, -0.15) is 0 Å². The molecule has 1 spiro atoms. The molecule has 2 fully saturated rings. The Morgan fingerprint density at radius 2 is 1.91 bits per heavy atom. The number of nitrogens with zero attached hydrogens (tertiary/aromatic N) is 1. The van der Waals surface area contributed by atoms with Crippen molar-refractivity contribution in [2.45, 2.75) is 101 Å². The van der Waals surface area contributed by atoms with Gasteiger partial charge in [0.1, 0.15) is 71.7 Å². The van der Waals surface area contributed by atoms with Crippen molar-refractivity contribution in [2.75, 3.05) is 26.3 Å². The lowest BCUT2D eigenvalue weighted by atomic mass is 9.68. The average Bonchev–Trinajstić information content (AvgIpc) is 3.94. The minimum absolute atomic E-state index is 0.00933. The maximum absolute atomic E-state index is 13.7. The number of fused-ring (bicyclic) bond motifs is 3. The summed E-state index contributed by atoms with van der Waals surface area (Å²) >= 11 is 0. The van der Waals surface area contributed by atoms with Crippen molar-refractivity contribution in [3.63, 3.8) is 0 Å². The number of quaternary nitrogens is 1. The Morgan fingerprint density at radius 3 is 2.64 bits per heavy atom. The number of phenols is 1. The lowest BCUT2D eigenvalue weighted by molar-refractivity contribution is -0.776. The standard InChI is InChI=1S/C43H51N3O12/c1-3-32-29-10-12-44-31(29)20-46(32)37-39-26(14-30-33(49)13-23(2)56-40(30)37)15-35(43(57-39)11-4-5-25(18-43)27-16-36(51)45-19-27)58-55-22-42(54,41(53)38(52)34(50)21-47)17-24-6-8-28(48)9-7-24/h6-10,12-14,25,27,34-35,38,41,47-48,50,52-54H,3-5,11,15-22H2,1-2H3,(H,45,51)/p+1. The number of rotatable bonds is 13. The van der Waals surface area contributed by atoms with Gasteiger partial charge in [-0.1, -0.05) is 19.1 Å². The van der Waals surface area contributed by atoms with Crippen LogP contribution in [0.4, 0.5) is 5.69 Å². The van der Waals surface area contributed by atoms with Crippen LogP contribution in [0.1, 0.15) is 62.3 Å². The fraction of sp³-hybridized carbons (Fsp3) is 0.512. The van der Waals surface area contributed by atoms with Crippen molar-refractivity contribution in [1.82, 2.24) is 5.32 Å². The molecule has 1 aromatic heterocycles. The molecule has 15 nitrogen and oxygen atoms in total. The fourth-order valence-corrected chi connectivity index (χ4v) is 9.75. The van der Waals surface area contributed by atoms with Gasteiger partial charge in [-0.3, -0.25) is 19.5 Å². The molecule has 2 aromatic carbocycles. The molecule has 310 valence electrons. The number of hydrogen-bond donors (Lipinski definition) is 8. The highest BCUT2D eigenvalue weighted by Crippen LogP contribution is 2.50. The van der Waals surface area contributed by atoms with Crippen molar-refractivity contribution in [1.29, 1.82) is 0 Å². The van der Waals surface area contributed by atoms with E-state index in [2.05, 4.69) is 17.2 Å². The molecule has 1 saturated heterocycles. The first-order chi connectivity index (χ1) is 27.8. The number of carbonyl (C=O) groups excluding carboxylic acids is 1. The molecule has 58 heavy (non-hydrogen) atoms. The predicted molar refractivity (Wildman–Crippen MR) is 209 cm³/mol. The van der Waals surface area contributed by atoms with E-state index < -0.39 is 48.8 Å². The number of benzene rings is 2. The predicted octanol–water partition coefficient (Wildman–Crippen LogP) is 1.34. The Bertz CT molecular complexity index is 2220. The molecule has 5 aliphatic rings. The van der Waals surface area contributed by atoms with Gasteiger partial charge in [0.25, 0.3) is 0 Å². The van der Waals surface area contributed by atoms with Crippen LogP contribution in [0.5, 0.6) is 11.5 Å². The van der Waals surface area contributed by atoms with E-state index in [1.54, 1.807) is 19.2 Å². The van der Waals surface area contributed by atoms with E-state index in [4.69, 9.17) is 18.9 Å². The van der Waals surface area contributed by atoms with Gasteiger partial charge in [0.15, 0.2) is 11.2 Å². The Hall–Kier alpha value is -4.45. The lowest BCUT2D eigenvalue weighted by Crippen LogP contribution is -3.04. The number of carbonyl (C=O) groups is 1. The number of amides is 1. The van der Waals surface area contributed by atoms with Crippen molar-refractivity contribution >= 4 is 28.3 Å². The van der Waals surface area contributed by atoms with Crippen LogP contribution in [0.15, 0.2) is 74.1 Å². The van der Waals surface area contributed by atoms with Crippen LogP contribution in [0, 0.1) is 18.8 Å². The third-order valence-electron chi connectivity index (χ3n) is 12.8. The first-order valence-electron chi connectivity index (χ1n) is 20.2. The first-order valence-corrected chi connectivity index (χ1v) is 20.2. The molecular weight excluding hydrogens is 750 g/mol. The SMILES string of the molecule is CCC1=C2C=CN=C2C[NH+]1c1c2c(cc3c(=O)cc(C)oc13)CC(OOCC(O)(Cc1ccc(O)cc1)C(O)C(O)C(O)CO)C1(CCCC(C3CNC(=O)C3)C1)O2. The van der Waals surface area contributed by atoms with Crippen LogP contribution in [-0.4, -0.2) is 104 Å². The molecule has 8 N–H and O–H groups in total. The van der Waals surface area contributed by atoms with Gasteiger partial charge in [-0.05, 0) is 74.3 Å². The Labute approximate surface area is 334 Å². The number of allylic oxidation sites excluding steroid dienone is 2. The topological polar surface area (TPSA) is 225 Å². The lowest BCUT2D eigenvalue weighted by Gasteiger charge is -2.49. The number of phenolic OH excluding ortho intramolecular Hbond substituents is 1. The normalized spacial score (nSPS) is 27.8. The molecule has 3 aromatic rings. The van der Waals surface area contributed by atoms with Crippen molar-refractivity contribution in [2.24, 2.45) is 16.8 Å². The Balaban J connectivity index is 1.18. The molecule has 5 heterocycles. The second-order valence-electron chi connectivity index (χ2n) is 16.6. The third kappa shape index (κ3) is 7.39. The minimum atomic E-state index is -2.25. The van der Waals surface area contributed by atoms with Gasteiger partial charge < -0.3 is 45.1 Å². The monoisotopic (exact) mass is 802 g/mol. The second kappa shape index (κ2) is 16.0. The molecule has 9 unspecified atom stereocenters. The summed E-state index contributed by atoms with van der Waals surface area (Å²) in [6.07, 6.45) is 1.09. The molecule has 1 aliphatic carbocycles. The minimum Gasteiger partial charge on any atom is -0.508 e. The number of nitrogens with one attached hydrogen (secondary N) is 2. The summed E-state index contributed by atoms with van der Waals surface area (Å²) in [5.41, 5.74) is 1.97. The number of ether oxygens (including phenoxy) is 1. The summed E-state index contributed by atoms with van der Waals surface area (Å²) in [5.74, 6) is 1.24. The summed E-state index contributed by atoms with van der Waals surface area (Å²) in [7, 11) is 0. The van der Waals surface area contributed by atoms with Gasteiger partial charge in [0, 0.05) is 50.1 Å². The van der Waals surface area contributed by atoms with E-state index in [-0.39, 0.29) is 41.8 Å². The van der Waals surface area contributed by atoms with Crippen LogP contribution < -0.4 is 20.4 Å². The molecule has 1 amide bonds. The maximum atomic E-state index is 13.7. The van der Waals surface area contributed by atoms with Crippen LogP contribution >= 0.6 is 0 Å². The zero-order chi connectivity index (χ0) is 40.9. The van der Waals surface area contributed by atoms with E-state index in [1.807, 2.05) is 6.08 Å². The molecule has 0 bridgehead atoms. The highest BCUT2D eigenvalue weighted by Gasteiger charge is 2.54. The van der Waals surface area contributed by atoms with E-state index in [0.29, 0.717) is 78.1 Å². The molecule has 1 saturated carbocycles. The highest BCUT2D eigenvalue weighted by molar-refractivity contribution is 6.07. The average molecular weight is 803 g/mol. The van der Waals surface area contributed by atoms with E-state index in [1.165, 1.54) is 30.3 Å². The number of aliphatic hydroxyl groups excluding tert-OH is 4. The van der Waals surface area contributed by atoms with Crippen molar-refractivity contribution in [3.8, 4) is 11.5 Å². The zero-order valence-corrected chi connectivity index (χ0v) is 32.6. The molecule has 15 heteroatoms. The number of aromatic hydroxyl groups is 1. The van der Waals surface area contributed by atoms with Gasteiger partial charge >= 0.3 is 0 Å². The van der Waals surface area contributed by atoms with Gasteiger partial charge in [-0.25, -0.2) is 9.78 Å². The Kier molecular flexibility index (Phi) is 11.1. The number of hydrogen-bond acceptors (Lipinski definition) is 13. The van der Waals surface area contributed by atoms with Crippen molar-refractivity contribution in [3.05, 3.63) is 87.1 Å². The van der Waals surface area contributed by atoms with Gasteiger partial charge in [0.05, 0.1) is 17.6 Å². The third-order valence-corrected chi connectivity index (χ3v) is 12.8. The molecule has 9 atom stereocenters. The smallest absolute Gasteiger partial charge is 0.222 e. The second-order valence-corrected chi connectivity index (χ2v) is 16.6. The van der Waals surface area contributed by atoms with Gasteiger partial charge in [-0.15, -0.1) is 0 Å². The van der Waals surface area contributed by atoms with Crippen LogP contribution in [0.25, 0.3) is 11.0 Å². The fourth-order valence-electron chi connectivity index (χ4n) is 9.75. The maximum Gasteiger partial charge on any atom is 0.222 e. The van der Waals surface area contributed by atoms with E-state index in [0.717, 1.165) is 34.7 Å². The summed E-state index contributed by atoms with van der Waals surface area (Å²) in [4.78, 5) is 43.9. The van der Waals surface area contributed by atoms with Crippen LogP contribution in [0.3, 0.4) is 0 Å². The summed E-state index contributed by atoms with van der Waals surface area (Å²) in [6, 6.07) is 9.14. The molecule has 0 radical (unpaired) electrons. The van der Waals surface area contributed by atoms with E-state index >= 15 is 0 Å². The quantitative estimate of drug-likeness (QED) is 0.0906. The first kappa shape index (κ1) is 40.3. The summed E-state index contributed by atoms with van der Waals surface area (Å²) < 4.78 is 13.8. The van der Waals surface area contributed by atoms with E-state index in [9.17, 15) is 40.2 Å². The number of aliphatic hydroxyl groups is 5. The van der Waals surface area contributed by atoms with Crippen LogP contribution in [-0.2, 0) is 27.4 Å². The van der Waals surface area contributed by atoms with Crippen LogP contribution in [0.2, 0.25) is 0 Å². The zero-order valence-electron chi connectivity index (χ0n) is 32.6. The van der Waals surface area contributed by atoms with Crippen molar-refractivity contribution < 1.29 is 59.3 Å². The summed E-state index contributed by atoms with van der Waals surface area (Å²) in [6.45, 7) is 3.38. The number of aliphatic imine (C=N–C) groups is 1. The highest BCUT2D eigenvalue weighted by atomic mass is 17.2. The molecule has 8 rings (SSSR count).